The van der Waals surface area contributed by atoms with Crippen LogP contribution in [0.5, 0.6) is 5.75 Å². The molecule has 1 unspecified atom stereocenters. The van der Waals surface area contributed by atoms with Crippen molar-refractivity contribution in [2.24, 2.45) is 5.92 Å². The molecule has 1 aromatic carbocycles. The minimum absolute atomic E-state index is 0.241. The van der Waals surface area contributed by atoms with Crippen molar-refractivity contribution in [2.75, 3.05) is 6.54 Å². The zero-order valence-electron chi connectivity index (χ0n) is 9.46. The maximum absolute atomic E-state index is 9.75. The van der Waals surface area contributed by atoms with Crippen LogP contribution in [0.25, 0.3) is 0 Å². The van der Waals surface area contributed by atoms with Crippen LogP contribution < -0.4 is 5.32 Å². The fourth-order valence-electron chi connectivity index (χ4n) is 1.80. The number of phenols is 1. The maximum Gasteiger partial charge on any atom is 0.120 e. The van der Waals surface area contributed by atoms with Crippen LogP contribution in [-0.4, -0.2) is 11.7 Å². The number of hydrogen-bond donors (Lipinski definition) is 2. The van der Waals surface area contributed by atoms with E-state index in [-0.39, 0.29) is 6.04 Å². The monoisotopic (exact) mass is 205 g/mol. The van der Waals surface area contributed by atoms with Crippen LogP contribution in [0.4, 0.5) is 0 Å². The predicted molar refractivity (Wildman–Crippen MR) is 62.0 cm³/mol. The summed E-state index contributed by atoms with van der Waals surface area (Å²) in [5.74, 6) is 1.27. The fourth-order valence-corrected chi connectivity index (χ4v) is 1.80. The molecule has 1 fully saturated rings. The quantitative estimate of drug-likeness (QED) is 0.792. The lowest BCUT2D eigenvalue weighted by Crippen LogP contribution is -2.21. The number of hydrogen-bond acceptors (Lipinski definition) is 2. The SMILES string of the molecule is Cc1ccc(O)c(C(C)NCC2CC2)c1. The highest BCUT2D eigenvalue weighted by molar-refractivity contribution is 5.37. The number of aryl methyl sites for hydroxylation is 1. The molecular weight excluding hydrogens is 186 g/mol. The van der Waals surface area contributed by atoms with Crippen LogP contribution in [0.1, 0.15) is 36.9 Å². The summed E-state index contributed by atoms with van der Waals surface area (Å²) < 4.78 is 0. The molecule has 82 valence electrons. The van der Waals surface area contributed by atoms with Crippen LogP contribution in [0.2, 0.25) is 0 Å². The first-order valence-electron chi connectivity index (χ1n) is 5.69. The summed E-state index contributed by atoms with van der Waals surface area (Å²) in [7, 11) is 0. The lowest BCUT2D eigenvalue weighted by molar-refractivity contribution is 0.450. The third-order valence-electron chi connectivity index (χ3n) is 3.06. The van der Waals surface area contributed by atoms with E-state index in [0.717, 1.165) is 18.0 Å². The van der Waals surface area contributed by atoms with E-state index in [2.05, 4.69) is 25.2 Å². The van der Waals surface area contributed by atoms with E-state index in [4.69, 9.17) is 0 Å². The van der Waals surface area contributed by atoms with Gasteiger partial charge in [0.05, 0.1) is 0 Å². The van der Waals surface area contributed by atoms with Gasteiger partial charge in [0, 0.05) is 11.6 Å². The number of benzene rings is 1. The van der Waals surface area contributed by atoms with E-state index < -0.39 is 0 Å². The van der Waals surface area contributed by atoms with E-state index in [0.29, 0.717) is 5.75 Å². The van der Waals surface area contributed by atoms with Crippen molar-refractivity contribution in [1.82, 2.24) is 5.32 Å². The van der Waals surface area contributed by atoms with Crippen LogP contribution in [-0.2, 0) is 0 Å². The molecule has 2 N–H and O–H groups in total. The molecular formula is C13H19NO. The molecule has 0 amide bonds. The first kappa shape index (κ1) is 10.5. The van der Waals surface area contributed by atoms with Gasteiger partial charge in [0.15, 0.2) is 0 Å². The Labute approximate surface area is 91.3 Å². The lowest BCUT2D eigenvalue weighted by Gasteiger charge is -2.15. The smallest absolute Gasteiger partial charge is 0.120 e. The lowest BCUT2D eigenvalue weighted by atomic mass is 10.0. The van der Waals surface area contributed by atoms with E-state index in [9.17, 15) is 5.11 Å². The Bertz CT molecular complexity index is 344. The first-order chi connectivity index (χ1) is 7.16. The molecule has 0 spiro atoms. The molecule has 2 rings (SSSR count). The van der Waals surface area contributed by atoms with Gasteiger partial charge in [-0.1, -0.05) is 17.7 Å². The number of rotatable bonds is 4. The van der Waals surface area contributed by atoms with Gasteiger partial charge >= 0.3 is 0 Å². The molecule has 2 nitrogen and oxygen atoms in total. The Morgan fingerprint density at radius 3 is 2.87 bits per heavy atom. The molecule has 1 aromatic rings. The highest BCUT2D eigenvalue weighted by Crippen LogP contribution is 2.30. The number of phenolic OH excluding ortho intramolecular Hbond substituents is 1. The Morgan fingerprint density at radius 1 is 1.47 bits per heavy atom. The average Bonchev–Trinajstić information content (AvgIpc) is 3.02. The van der Waals surface area contributed by atoms with E-state index in [1.165, 1.54) is 18.4 Å². The molecule has 0 aliphatic heterocycles. The molecule has 0 bridgehead atoms. The topological polar surface area (TPSA) is 32.3 Å². The Balaban J connectivity index is 2.02. The van der Waals surface area contributed by atoms with Gasteiger partial charge in [-0.05, 0) is 45.2 Å². The van der Waals surface area contributed by atoms with Crippen molar-refractivity contribution in [1.29, 1.82) is 0 Å². The summed E-state index contributed by atoms with van der Waals surface area (Å²) in [5, 5.41) is 13.2. The molecule has 2 heteroatoms. The molecule has 15 heavy (non-hydrogen) atoms. The normalized spacial score (nSPS) is 17.7. The van der Waals surface area contributed by atoms with Crippen LogP contribution in [0, 0.1) is 12.8 Å². The Hall–Kier alpha value is -1.02. The van der Waals surface area contributed by atoms with Gasteiger partial charge in [-0.15, -0.1) is 0 Å². The molecule has 0 saturated heterocycles. The second-order valence-electron chi connectivity index (χ2n) is 4.64. The second kappa shape index (κ2) is 4.23. The average molecular weight is 205 g/mol. The summed E-state index contributed by atoms with van der Waals surface area (Å²) in [6, 6.07) is 6.01. The minimum atomic E-state index is 0.241. The molecule has 1 atom stereocenters. The van der Waals surface area contributed by atoms with Crippen LogP contribution >= 0.6 is 0 Å². The third-order valence-corrected chi connectivity index (χ3v) is 3.06. The van der Waals surface area contributed by atoms with E-state index in [1.54, 1.807) is 6.07 Å². The van der Waals surface area contributed by atoms with Crippen molar-refractivity contribution in [3.8, 4) is 5.75 Å². The highest BCUT2D eigenvalue weighted by atomic mass is 16.3. The van der Waals surface area contributed by atoms with Crippen molar-refractivity contribution < 1.29 is 5.11 Å². The molecule has 0 aromatic heterocycles. The summed E-state index contributed by atoms with van der Waals surface area (Å²) in [6.45, 7) is 5.24. The van der Waals surface area contributed by atoms with Crippen molar-refractivity contribution in [3.63, 3.8) is 0 Å². The summed E-state index contributed by atoms with van der Waals surface area (Å²) in [5.41, 5.74) is 2.21. The highest BCUT2D eigenvalue weighted by Gasteiger charge is 2.22. The molecule has 0 radical (unpaired) electrons. The zero-order valence-corrected chi connectivity index (χ0v) is 9.46. The van der Waals surface area contributed by atoms with Gasteiger partial charge in [-0.25, -0.2) is 0 Å². The van der Waals surface area contributed by atoms with Gasteiger partial charge in [0.1, 0.15) is 5.75 Å². The molecule has 1 aliphatic carbocycles. The maximum atomic E-state index is 9.75. The Morgan fingerprint density at radius 2 is 2.20 bits per heavy atom. The predicted octanol–water partition coefficient (Wildman–Crippen LogP) is 2.76. The zero-order chi connectivity index (χ0) is 10.8. The number of aromatic hydroxyl groups is 1. The Kier molecular flexibility index (Phi) is 2.96. The van der Waals surface area contributed by atoms with Crippen LogP contribution in [0.3, 0.4) is 0 Å². The van der Waals surface area contributed by atoms with Gasteiger partial charge in [-0.2, -0.15) is 0 Å². The summed E-state index contributed by atoms with van der Waals surface area (Å²) >= 11 is 0. The van der Waals surface area contributed by atoms with Crippen molar-refractivity contribution in [3.05, 3.63) is 29.3 Å². The third kappa shape index (κ3) is 2.72. The van der Waals surface area contributed by atoms with Gasteiger partial charge in [0.2, 0.25) is 0 Å². The molecule has 0 heterocycles. The first-order valence-corrected chi connectivity index (χ1v) is 5.69. The summed E-state index contributed by atoms with van der Waals surface area (Å²) in [4.78, 5) is 0. The molecule has 1 aliphatic rings. The van der Waals surface area contributed by atoms with E-state index in [1.807, 2.05) is 6.07 Å². The standard InChI is InChI=1S/C13H19NO/c1-9-3-6-13(15)12(7-9)10(2)14-8-11-4-5-11/h3,6-7,10-11,14-15H,4-5,8H2,1-2H3. The molecule has 1 saturated carbocycles. The minimum Gasteiger partial charge on any atom is -0.508 e. The van der Waals surface area contributed by atoms with Gasteiger partial charge in [-0.3, -0.25) is 0 Å². The van der Waals surface area contributed by atoms with E-state index >= 15 is 0 Å². The summed E-state index contributed by atoms with van der Waals surface area (Å²) in [6.07, 6.45) is 2.72. The second-order valence-corrected chi connectivity index (χ2v) is 4.64. The van der Waals surface area contributed by atoms with Gasteiger partial charge < -0.3 is 10.4 Å². The largest absolute Gasteiger partial charge is 0.508 e. The van der Waals surface area contributed by atoms with Crippen LogP contribution in [0.15, 0.2) is 18.2 Å². The van der Waals surface area contributed by atoms with Crippen molar-refractivity contribution in [2.45, 2.75) is 32.7 Å². The fraction of sp³-hybridized carbons (Fsp3) is 0.538. The van der Waals surface area contributed by atoms with Crippen molar-refractivity contribution >= 4 is 0 Å². The number of nitrogens with one attached hydrogen (secondary N) is 1. The van der Waals surface area contributed by atoms with Gasteiger partial charge in [0.25, 0.3) is 0 Å².